The van der Waals surface area contributed by atoms with E-state index in [1.807, 2.05) is 4.72 Å². The molecule has 2 rings (SSSR count). The number of amides is 1. The van der Waals surface area contributed by atoms with Crippen molar-refractivity contribution in [3.8, 4) is 0 Å². The number of nitrogens with one attached hydrogen (secondary N) is 2. The highest BCUT2D eigenvalue weighted by Crippen LogP contribution is 2.38. The molecule has 0 aromatic heterocycles. The summed E-state index contributed by atoms with van der Waals surface area (Å²) in [5.74, 6) is -0.539. The van der Waals surface area contributed by atoms with Crippen LogP contribution in [0, 0.1) is 20.8 Å². The standard InChI is InChI=1S/C18H19F3N2O3S/c1-10-7-11(2)17(12(3)8-10)27(25,26)23-16-6-5-14(22-13(4)24)9-15(16)18(19,20)21/h5-9,23H,1-4H3,(H,22,24). The number of hydrogen-bond acceptors (Lipinski definition) is 3. The Morgan fingerprint density at radius 1 is 1.00 bits per heavy atom. The van der Waals surface area contributed by atoms with Crippen molar-refractivity contribution in [1.29, 1.82) is 0 Å². The molecule has 0 saturated carbocycles. The number of hydrogen-bond donors (Lipinski definition) is 2. The Hall–Kier alpha value is -2.55. The maximum Gasteiger partial charge on any atom is 0.418 e. The second-order valence-electron chi connectivity index (χ2n) is 6.27. The average molecular weight is 400 g/mol. The van der Waals surface area contributed by atoms with E-state index in [0.717, 1.165) is 18.6 Å². The van der Waals surface area contributed by atoms with Crippen LogP contribution in [0.2, 0.25) is 0 Å². The van der Waals surface area contributed by atoms with Crippen LogP contribution in [0.1, 0.15) is 29.2 Å². The highest BCUT2D eigenvalue weighted by Gasteiger charge is 2.35. The summed E-state index contributed by atoms with van der Waals surface area (Å²) in [6.07, 6.45) is -4.82. The highest BCUT2D eigenvalue weighted by atomic mass is 32.2. The number of carbonyl (C=O) groups excluding carboxylic acids is 1. The molecule has 0 aliphatic heterocycles. The van der Waals surface area contributed by atoms with Gasteiger partial charge in [0.1, 0.15) is 0 Å². The van der Waals surface area contributed by atoms with Gasteiger partial charge in [-0.15, -0.1) is 0 Å². The molecule has 0 spiro atoms. The Morgan fingerprint density at radius 3 is 2.04 bits per heavy atom. The SMILES string of the molecule is CC(=O)Nc1ccc(NS(=O)(=O)c2c(C)cc(C)cc2C)c(C(F)(F)F)c1. The number of sulfonamides is 1. The number of halogens is 3. The van der Waals surface area contributed by atoms with E-state index in [1.54, 1.807) is 32.9 Å². The zero-order valence-electron chi connectivity index (χ0n) is 15.2. The smallest absolute Gasteiger partial charge is 0.326 e. The molecule has 0 atom stereocenters. The Kier molecular flexibility index (Phi) is 5.55. The molecule has 2 aromatic carbocycles. The Balaban J connectivity index is 2.54. The van der Waals surface area contributed by atoms with Crippen LogP contribution in [0.5, 0.6) is 0 Å². The van der Waals surface area contributed by atoms with E-state index in [1.165, 1.54) is 6.07 Å². The summed E-state index contributed by atoms with van der Waals surface area (Å²) >= 11 is 0. The molecule has 0 aliphatic rings. The van der Waals surface area contributed by atoms with Crippen LogP contribution < -0.4 is 10.0 Å². The molecule has 0 saturated heterocycles. The van der Waals surface area contributed by atoms with Crippen LogP contribution in [0.4, 0.5) is 24.5 Å². The Morgan fingerprint density at radius 2 is 1.56 bits per heavy atom. The van der Waals surface area contributed by atoms with Gasteiger partial charge >= 0.3 is 6.18 Å². The van der Waals surface area contributed by atoms with Crippen molar-refractivity contribution in [3.63, 3.8) is 0 Å². The summed E-state index contributed by atoms with van der Waals surface area (Å²) in [5, 5.41) is 2.25. The number of rotatable bonds is 4. The van der Waals surface area contributed by atoms with E-state index >= 15 is 0 Å². The normalized spacial score (nSPS) is 12.0. The van der Waals surface area contributed by atoms with Gasteiger partial charge in [0.25, 0.3) is 10.0 Å². The van der Waals surface area contributed by atoms with E-state index in [4.69, 9.17) is 0 Å². The molecule has 0 unspecified atom stereocenters. The number of carbonyl (C=O) groups is 1. The summed E-state index contributed by atoms with van der Waals surface area (Å²) in [4.78, 5) is 11.0. The molecule has 0 fully saturated rings. The fourth-order valence-corrected chi connectivity index (χ4v) is 4.47. The highest BCUT2D eigenvalue weighted by molar-refractivity contribution is 7.92. The van der Waals surface area contributed by atoms with Crippen molar-refractivity contribution in [2.24, 2.45) is 0 Å². The minimum Gasteiger partial charge on any atom is -0.326 e. The third-order valence-corrected chi connectivity index (χ3v) is 5.43. The van der Waals surface area contributed by atoms with Crippen LogP contribution >= 0.6 is 0 Å². The van der Waals surface area contributed by atoms with Crippen molar-refractivity contribution < 1.29 is 26.4 Å². The van der Waals surface area contributed by atoms with Gasteiger partial charge in [0.15, 0.2) is 0 Å². The molecule has 0 heterocycles. The van der Waals surface area contributed by atoms with Crippen molar-refractivity contribution in [3.05, 3.63) is 52.6 Å². The third-order valence-electron chi connectivity index (χ3n) is 3.76. The first-order chi connectivity index (χ1) is 12.3. The number of anilines is 2. The summed E-state index contributed by atoms with van der Waals surface area (Å²) in [7, 11) is -4.25. The lowest BCUT2D eigenvalue weighted by Crippen LogP contribution is -2.19. The van der Waals surface area contributed by atoms with E-state index in [-0.39, 0.29) is 10.6 Å². The van der Waals surface area contributed by atoms with Crippen molar-refractivity contribution >= 4 is 27.3 Å². The van der Waals surface area contributed by atoms with E-state index in [0.29, 0.717) is 17.2 Å². The van der Waals surface area contributed by atoms with Gasteiger partial charge in [0.2, 0.25) is 5.91 Å². The molecule has 0 radical (unpaired) electrons. The quantitative estimate of drug-likeness (QED) is 0.799. The number of alkyl halides is 3. The predicted molar refractivity (Wildman–Crippen MR) is 97.2 cm³/mol. The molecule has 5 nitrogen and oxygen atoms in total. The summed E-state index contributed by atoms with van der Waals surface area (Å²) in [6.45, 7) is 6.12. The molecule has 1 amide bonds. The van der Waals surface area contributed by atoms with E-state index < -0.39 is 33.4 Å². The van der Waals surface area contributed by atoms with Crippen LogP contribution in [0.15, 0.2) is 35.2 Å². The molecular weight excluding hydrogens is 381 g/mol. The van der Waals surface area contributed by atoms with Gasteiger partial charge in [-0.1, -0.05) is 17.7 Å². The van der Waals surface area contributed by atoms with Gasteiger partial charge in [-0.25, -0.2) is 8.42 Å². The second kappa shape index (κ2) is 7.22. The maximum absolute atomic E-state index is 13.4. The number of aryl methyl sites for hydroxylation is 3. The Bertz CT molecular complexity index is 976. The van der Waals surface area contributed by atoms with Gasteiger partial charge in [0.05, 0.1) is 16.1 Å². The summed E-state index contributed by atoms with van der Waals surface area (Å²) < 4.78 is 67.7. The molecule has 0 aliphatic carbocycles. The Labute approximate surface area is 155 Å². The van der Waals surface area contributed by atoms with Crippen molar-refractivity contribution in [1.82, 2.24) is 0 Å². The zero-order chi connectivity index (χ0) is 20.6. The van der Waals surface area contributed by atoms with E-state index in [9.17, 15) is 26.4 Å². The molecule has 27 heavy (non-hydrogen) atoms. The van der Waals surface area contributed by atoms with Gasteiger partial charge in [-0.2, -0.15) is 13.2 Å². The first kappa shape index (κ1) is 20.8. The predicted octanol–water partition coefficient (Wildman–Crippen LogP) is 4.39. The summed E-state index contributed by atoms with van der Waals surface area (Å²) in [5.41, 5.74) is -0.178. The fourth-order valence-electron chi connectivity index (χ4n) is 2.94. The molecule has 2 aromatic rings. The second-order valence-corrected chi connectivity index (χ2v) is 7.89. The first-order valence-corrected chi connectivity index (χ1v) is 9.39. The first-order valence-electron chi connectivity index (χ1n) is 7.91. The molecule has 2 N–H and O–H groups in total. The lowest BCUT2D eigenvalue weighted by Gasteiger charge is -2.18. The van der Waals surface area contributed by atoms with Gasteiger partial charge < -0.3 is 5.32 Å². The molecule has 0 bridgehead atoms. The van der Waals surface area contributed by atoms with Gasteiger partial charge in [0, 0.05) is 12.6 Å². The van der Waals surface area contributed by atoms with Crippen LogP contribution in [0.3, 0.4) is 0 Å². The van der Waals surface area contributed by atoms with Crippen molar-refractivity contribution in [2.45, 2.75) is 38.8 Å². The minimum absolute atomic E-state index is 0.0628. The van der Waals surface area contributed by atoms with Gasteiger partial charge in [-0.3, -0.25) is 9.52 Å². The average Bonchev–Trinajstić information content (AvgIpc) is 2.45. The molecular formula is C18H19F3N2O3S. The van der Waals surface area contributed by atoms with Crippen molar-refractivity contribution in [2.75, 3.05) is 10.0 Å². The fraction of sp³-hybridized carbons (Fsp3) is 0.278. The maximum atomic E-state index is 13.4. The largest absolute Gasteiger partial charge is 0.418 e. The zero-order valence-corrected chi connectivity index (χ0v) is 16.0. The third kappa shape index (κ3) is 4.79. The lowest BCUT2D eigenvalue weighted by atomic mass is 10.1. The van der Waals surface area contributed by atoms with Gasteiger partial charge in [-0.05, 0) is 50.1 Å². The monoisotopic (exact) mass is 400 g/mol. The van der Waals surface area contributed by atoms with Crippen LogP contribution in [-0.4, -0.2) is 14.3 Å². The lowest BCUT2D eigenvalue weighted by molar-refractivity contribution is -0.136. The van der Waals surface area contributed by atoms with Crippen LogP contribution in [-0.2, 0) is 21.0 Å². The van der Waals surface area contributed by atoms with E-state index in [2.05, 4.69) is 5.32 Å². The number of benzene rings is 2. The van der Waals surface area contributed by atoms with Crippen LogP contribution in [0.25, 0.3) is 0 Å². The molecule has 9 heteroatoms. The topological polar surface area (TPSA) is 75.3 Å². The summed E-state index contributed by atoms with van der Waals surface area (Å²) in [6, 6.07) is 6.15. The minimum atomic E-state index is -4.82. The molecule has 146 valence electrons.